The zero-order valence-corrected chi connectivity index (χ0v) is 10.7. The summed E-state index contributed by atoms with van der Waals surface area (Å²) in [5, 5.41) is 7.52. The Morgan fingerprint density at radius 3 is 2.88 bits per heavy atom. The molecule has 6 heteroatoms. The molecule has 0 aromatic carbocycles. The van der Waals surface area contributed by atoms with Crippen LogP contribution in [0.1, 0.15) is 31.7 Å². The molecule has 0 bridgehead atoms. The van der Waals surface area contributed by atoms with Gasteiger partial charge in [0.1, 0.15) is 0 Å². The molecule has 0 radical (unpaired) electrons. The number of nitrogens with zero attached hydrogens (tertiary/aromatic N) is 2. The molecule has 0 amide bonds. The Kier molecular flexibility index (Phi) is 2.58. The summed E-state index contributed by atoms with van der Waals surface area (Å²) in [5.74, 6) is 1.98. The van der Waals surface area contributed by atoms with Crippen molar-refractivity contribution in [2.24, 2.45) is 5.41 Å². The van der Waals surface area contributed by atoms with Gasteiger partial charge >= 0.3 is 5.69 Å². The van der Waals surface area contributed by atoms with E-state index in [1.807, 2.05) is 4.57 Å². The molecule has 1 aromatic rings. The third kappa shape index (κ3) is 1.93. The number of nitrogens with one attached hydrogen (secondary N) is 1. The molecule has 16 heavy (non-hydrogen) atoms. The highest BCUT2D eigenvalue weighted by Crippen LogP contribution is 2.50. The van der Waals surface area contributed by atoms with E-state index in [-0.39, 0.29) is 5.69 Å². The van der Waals surface area contributed by atoms with Crippen molar-refractivity contribution in [3.05, 3.63) is 10.5 Å². The van der Waals surface area contributed by atoms with E-state index in [0.29, 0.717) is 11.5 Å². The van der Waals surface area contributed by atoms with Crippen molar-refractivity contribution in [3.63, 3.8) is 0 Å². The molecule has 0 unspecified atom stereocenters. The van der Waals surface area contributed by atoms with Gasteiger partial charge in [-0.2, -0.15) is 12.6 Å². The van der Waals surface area contributed by atoms with Gasteiger partial charge in [0, 0.05) is 11.8 Å². The van der Waals surface area contributed by atoms with Crippen LogP contribution >= 0.6 is 24.4 Å². The van der Waals surface area contributed by atoms with Crippen molar-refractivity contribution >= 4 is 24.4 Å². The standard InChI is InChI=1S/C10H15N3OS2/c14-8-11-12-9(13(8)7-1-2-7)16-6-10(5-15)3-4-10/h7,15H,1-6H2,(H,11,14). The first-order chi connectivity index (χ1) is 7.74. The molecular weight excluding hydrogens is 242 g/mol. The topological polar surface area (TPSA) is 50.7 Å². The maximum Gasteiger partial charge on any atom is 0.344 e. The first-order valence-electron chi connectivity index (χ1n) is 5.65. The molecule has 0 atom stereocenters. The van der Waals surface area contributed by atoms with Crippen LogP contribution in [0.4, 0.5) is 0 Å². The van der Waals surface area contributed by atoms with Gasteiger partial charge in [0.15, 0.2) is 5.16 Å². The van der Waals surface area contributed by atoms with E-state index in [9.17, 15) is 4.79 Å². The largest absolute Gasteiger partial charge is 0.344 e. The van der Waals surface area contributed by atoms with Gasteiger partial charge in [-0.1, -0.05) is 11.8 Å². The first-order valence-corrected chi connectivity index (χ1v) is 7.26. The van der Waals surface area contributed by atoms with Crippen LogP contribution < -0.4 is 5.69 Å². The van der Waals surface area contributed by atoms with Crippen molar-refractivity contribution in [2.45, 2.75) is 36.9 Å². The van der Waals surface area contributed by atoms with Gasteiger partial charge in [0.25, 0.3) is 0 Å². The minimum Gasteiger partial charge on any atom is -0.267 e. The summed E-state index contributed by atoms with van der Waals surface area (Å²) in [4.78, 5) is 11.5. The second-order valence-electron chi connectivity index (χ2n) is 4.86. The summed E-state index contributed by atoms with van der Waals surface area (Å²) in [7, 11) is 0. The fourth-order valence-corrected chi connectivity index (χ4v) is 3.68. The van der Waals surface area contributed by atoms with E-state index in [2.05, 4.69) is 22.8 Å². The summed E-state index contributed by atoms with van der Waals surface area (Å²) < 4.78 is 1.82. The predicted molar refractivity (Wildman–Crippen MR) is 67.4 cm³/mol. The van der Waals surface area contributed by atoms with Crippen LogP contribution in [0.5, 0.6) is 0 Å². The number of hydrogen-bond donors (Lipinski definition) is 2. The highest BCUT2D eigenvalue weighted by Gasteiger charge is 2.41. The second kappa shape index (κ2) is 3.84. The van der Waals surface area contributed by atoms with Gasteiger partial charge in [-0.3, -0.25) is 4.57 Å². The third-order valence-corrected chi connectivity index (χ3v) is 5.36. The number of aromatic nitrogens is 3. The van der Waals surface area contributed by atoms with Crippen LogP contribution in [-0.4, -0.2) is 26.3 Å². The summed E-state index contributed by atoms with van der Waals surface area (Å²) in [5.41, 5.74) is 0.359. The lowest BCUT2D eigenvalue weighted by molar-refractivity contribution is 0.635. The highest BCUT2D eigenvalue weighted by molar-refractivity contribution is 7.99. The number of rotatable bonds is 5. The van der Waals surface area contributed by atoms with E-state index in [1.165, 1.54) is 12.8 Å². The molecule has 0 aliphatic heterocycles. The molecule has 3 rings (SSSR count). The van der Waals surface area contributed by atoms with Crippen LogP contribution in [0.3, 0.4) is 0 Å². The van der Waals surface area contributed by atoms with Crippen LogP contribution in [0.15, 0.2) is 9.95 Å². The number of thiol groups is 1. The Bertz CT molecular complexity index is 445. The monoisotopic (exact) mass is 257 g/mol. The molecule has 1 aromatic heterocycles. The predicted octanol–water partition coefficient (Wildman–Crippen LogP) is 1.71. The van der Waals surface area contributed by atoms with Crippen LogP contribution in [0.25, 0.3) is 0 Å². The normalized spacial score (nSPS) is 22.3. The fraction of sp³-hybridized carbons (Fsp3) is 0.800. The molecule has 4 nitrogen and oxygen atoms in total. The molecule has 0 saturated heterocycles. The number of aromatic amines is 1. The maximum absolute atomic E-state index is 11.5. The Labute approximate surface area is 104 Å². The molecule has 1 heterocycles. The third-order valence-electron chi connectivity index (χ3n) is 3.38. The Morgan fingerprint density at radius 1 is 1.56 bits per heavy atom. The molecule has 2 aliphatic carbocycles. The lowest BCUT2D eigenvalue weighted by Crippen LogP contribution is -2.16. The quantitative estimate of drug-likeness (QED) is 0.623. The molecule has 88 valence electrons. The van der Waals surface area contributed by atoms with Crippen LogP contribution in [0, 0.1) is 5.41 Å². The second-order valence-corrected chi connectivity index (χ2v) is 6.12. The number of thioether (sulfide) groups is 1. The van der Waals surface area contributed by atoms with E-state index < -0.39 is 0 Å². The van der Waals surface area contributed by atoms with Crippen molar-refractivity contribution in [1.82, 2.24) is 14.8 Å². The smallest absolute Gasteiger partial charge is 0.267 e. The first kappa shape index (κ1) is 10.8. The van der Waals surface area contributed by atoms with Gasteiger partial charge in [-0.05, 0) is 36.9 Å². The van der Waals surface area contributed by atoms with E-state index >= 15 is 0 Å². The van der Waals surface area contributed by atoms with Gasteiger partial charge in [-0.15, -0.1) is 5.10 Å². The number of hydrogen-bond acceptors (Lipinski definition) is 4. The minimum atomic E-state index is -0.0549. The summed E-state index contributed by atoms with van der Waals surface area (Å²) in [6, 6.07) is 0.403. The van der Waals surface area contributed by atoms with Gasteiger partial charge < -0.3 is 0 Å². The zero-order valence-electron chi connectivity index (χ0n) is 8.98. The van der Waals surface area contributed by atoms with E-state index in [0.717, 1.165) is 29.5 Å². The minimum absolute atomic E-state index is 0.0549. The van der Waals surface area contributed by atoms with Gasteiger partial charge in [-0.25, -0.2) is 9.89 Å². The average Bonchev–Trinajstić information content (AvgIpc) is 3.19. The lowest BCUT2D eigenvalue weighted by Gasteiger charge is -2.10. The lowest BCUT2D eigenvalue weighted by atomic mass is 10.2. The highest BCUT2D eigenvalue weighted by atomic mass is 32.2. The maximum atomic E-state index is 11.5. The zero-order chi connectivity index (χ0) is 11.2. The van der Waals surface area contributed by atoms with E-state index in [1.54, 1.807) is 11.8 Å². The van der Waals surface area contributed by atoms with Crippen molar-refractivity contribution < 1.29 is 0 Å². The summed E-state index contributed by atoms with van der Waals surface area (Å²) in [6.45, 7) is 0. The van der Waals surface area contributed by atoms with Crippen molar-refractivity contribution in [3.8, 4) is 0 Å². The molecule has 2 aliphatic rings. The summed E-state index contributed by atoms with van der Waals surface area (Å²) in [6.07, 6.45) is 4.76. The van der Waals surface area contributed by atoms with Gasteiger partial charge in [0.2, 0.25) is 0 Å². The molecule has 0 spiro atoms. The Hall–Kier alpha value is -0.360. The van der Waals surface area contributed by atoms with Crippen molar-refractivity contribution in [1.29, 1.82) is 0 Å². The molecule has 2 fully saturated rings. The Morgan fingerprint density at radius 2 is 2.31 bits per heavy atom. The summed E-state index contributed by atoms with van der Waals surface area (Å²) >= 11 is 6.09. The average molecular weight is 257 g/mol. The van der Waals surface area contributed by atoms with Crippen LogP contribution in [0.2, 0.25) is 0 Å². The van der Waals surface area contributed by atoms with Crippen molar-refractivity contribution in [2.75, 3.05) is 11.5 Å². The van der Waals surface area contributed by atoms with E-state index in [4.69, 9.17) is 0 Å². The SMILES string of the molecule is O=c1[nH]nc(SCC2(CS)CC2)n1C1CC1. The van der Waals surface area contributed by atoms with Crippen LogP contribution in [-0.2, 0) is 0 Å². The Balaban J connectivity index is 1.72. The molecular formula is C10H15N3OS2. The number of H-pyrrole nitrogens is 1. The molecule has 1 N–H and O–H groups in total. The molecule has 2 saturated carbocycles. The fourth-order valence-electron chi connectivity index (χ4n) is 1.79. The van der Waals surface area contributed by atoms with Gasteiger partial charge in [0.05, 0.1) is 0 Å².